The Kier molecular flexibility index (Phi) is 4.20. The van der Waals surface area contributed by atoms with Crippen molar-refractivity contribution in [2.24, 2.45) is 5.41 Å². The molecule has 0 saturated carbocycles. The van der Waals surface area contributed by atoms with Crippen LogP contribution in [-0.4, -0.2) is 19.0 Å². The van der Waals surface area contributed by atoms with Crippen molar-refractivity contribution in [3.63, 3.8) is 0 Å². The highest BCUT2D eigenvalue weighted by Crippen LogP contribution is 2.29. The van der Waals surface area contributed by atoms with E-state index in [1.807, 2.05) is 13.8 Å². The van der Waals surface area contributed by atoms with Crippen LogP contribution in [0.5, 0.6) is 0 Å². The van der Waals surface area contributed by atoms with Crippen LogP contribution in [0.4, 0.5) is 4.39 Å². The molecule has 4 heteroatoms. The van der Waals surface area contributed by atoms with Gasteiger partial charge in [0.25, 0.3) is 0 Å². The van der Waals surface area contributed by atoms with Gasteiger partial charge >= 0.3 is 0 Å². The minimum absolute atomic E-state index is 0.0887. The topological polar surface area (TPSA) is 41.1 Å². The number of carbonyl (C=O) groups excluding carboxylic acids is 1. The van der Waals surface area contributed by atoms with E-state index < -0.39 is 0 Å². The average molecular weight is 264 g/mol. The number of rotatable bonds is 3. The first-order valence-electron chi connectivity index (χ1n) is 6.78. The molecule has 1 heterocycles. The third-order valence-electron chi connectivity index (χ3n) is 3.97. The molecule has 2 rings (SSSR count). The molecule has 0 spiro atoms. The number of hydrogen-bond donors (Lipinski definition) is 2. The van der Waals surface area contributed by atoms with Crippen molar-refractivity contribution >= 4 is 5.91 Å². The van der Waals surface area contributed by atoms with E-state index in [0.717, 1.165) is 31.5 Å². The van der Waals surface area contributed by atoms with Gasteiger partial charge in [-0.05, 0) is 50.6 Å². The summed E-state index contributed by atoms with van der Waals surface area (Å²) in [6.07, 6.45) is 1.71. The molecule has 0 aromatic heterocycles. The van der Waals surface area contributed by atoms with Crippen molar-refractivity contribution in [1.29, 1.82) is 0 Å². The van der Waals surface area contributed by atoms with Crippen molar-refractivity contribution in [3.8, 4) is 0 Å². The first kappa shape index (κ1) is 14.0. The van der Waals surface area contributed by atoms with Crippen molar-refractivity contribution in [2.45, 2.75) is 32.7 Å². The van der Waals surface area contributed by atoms with E-state index >= 15 is 0 Å². The van der Waals surface area contributed by atoms with Crippen LogP contribution >= 0.6 is 0 Å². The fourth-order valence-electron chi connectivity index (χ4n) is 2.41. The SMILES string of the molecule is CC(NC(=O)C1(C)CCNCC1)c1ccc(F)cc1. The molecule has 19 heavy (non-hydrogen) atoms. The molecule has 3 nitrogen and oxygen atoms in total. The Bertz CT molecular complexity index is 438. The van der Waals surface area contributed by atoms with Gasteiger partial charge in [-0.15, -0.1) is 0 Å². The lowest BCUT2D eigenvalue weighted by molar-refractivity contribution is -0.132. The Morgan fingerprint density at radius 2 is 1.89 bits per heavy atom. The normalized spacial score (nSPS) is 19.7. The number of amides is 1. The van der Waals surface area contributed by atoms with Gasteiger partial charge in [-0.25, -0.2) is 4.39 Å². The summed E-state index contributed by atoms with van der Waals surface area (Å²) < 4.78 is 12.9. The average Bonchev–Trinajstić information content (AvgIpc) is 2.40. The van der Waals surface area contributed by atoms with E-state index in [1.54, 1.807) is 12.1 Å². The molecular formula is C15H21FN2O. The fraction of sp³-hybridized carbons (Fsp3) is 0.533. The summed E-state index contributed by atoms with van der Waals surface area (Å²) in [7, 11) is 0. The van der Waals surface area contributed by atoms with Gasteiger partial charge in [0, 0.05) is 5.41 Å². The number of halogens is 1. The van der Waals surface area contributed by atoms with E-state index in [2.05, 4.69) is 10.6 Å². The van der Waals surface area contributed by atoms with Gasteiger partial charge in [0.05, 0.1) is 6.04 Å². The van der Waals surface area contributed by atoms with Gasteiger partial charge < -0.3 is 10.6 Å². The Morgan fingerprint density at radius 1 is 1.32 bits per heavy atom. The van der Waals surface area contributed by atoms with Gasteiger partial charge in [0.15, 0.2) is 0 Å². The fourth-order valence-corrected chi connectivity index (χ4v) is 2.41. The molecule has 1 aromatic carbocycles. The maximum atomic E-state index is 12.9. The van der Waals surface area contributed by atoms with Crippen LogP contribution in [0.25, 0.3) is 0 Å². The lowest BCUT2D eigenvalue weighted by atomic mass is 9.80. The molecule has 1 aliphatic heterocycles. The summed E-state index contributed by atoms with van der Waals surface area (Å²) in [6, 6.07) is 6.17. The Morgan fingerprint density at radius 3 is 2.47 bits per heavy atom. The molecule has 1 amide bonds. The molecule has 0 bridgehead atoms. The largest absolute Gasteiger partial charge is 0.349 e. The number of piperidine rings is 1. The van der Waals surface area contributed by atoms with Crippen LogP contribution < -0.4 is 10.6 Å². The third-order valence-corrected chi connectivity index (χ3v) is 3.97. The second-order valence-corrected chi connectivity index (χ2v) is 5.56. The molecule has 0 aliphatic carbocycles. The minimum atomic E-state index is -0.292. The second-order valence-electron chi connectivity index (χ2n) is 5.56. The van der Waals surface area contributed by atoms with E-state index in [0.29, 0.717) is 0 Å². The van der Waals surface area contributed by atoms with Crippen molar-refractivity contribution < 1.29 is 9.18 Å². The van der Waals surface area contributed by atoms with Gasteiger partial charge in [0.1, 0.15) is 5.82 Å². The van der Waals surface area contributed by atoms with Crippen molar-refractivity contribution in [1.82, 2.24) is 10.6 Å². The maximum Gasteiger partial charge on any atom is 0.226 e. The van der Waals surface area contributed by atoms with Crippen molar-refractivity contribution in [2.75, 3.05) is 13.1 Å². The van der Waals surface area contributed by atoms with Crippen molar-refractivity contribution in [3.05, 3.63) is 35.6 Å². The molecule has 0 radical (unpaired) electrons. The predicted octanol–water partition coefficient (Wildman–Crippen LogP) is 2.39. The van der Waals surface area contributed by atoms with E-state index in [4.69, 9.17) is 0 Å². The van der Waals surface area contributed by atoms with Crippen LogP contribution in [0.3, 0.4) is 0 Å². The van der Waals surface area contributed by atoms with Gasteiger partial charge in [-0.2, -0.15) is 0 Å². The number of benzene rings is 1. The first-order valence-corrected chi connectivity index (χ1v) is 6.78. The summed E-state index contributed by atoms with van der Waals surface area (Å²) in [5.74, 6) is -0.168. The molecular weight excluding hydrogens is 243 g/mol. The maximum absolute atomic E-state index is 12.9. The van der Waals surface area contributed by atoms with Crippen LogP contribution in [0.15, 0.2) is 24.3 Å². The predicted molar refractivity (Wildman–Crippen MR) is 73.2 cm³/mol. The molecule has 1 saturated heterocycles. The quantitative estimate of drug-likeness (QED) is 0.880. The summed E-state index contributed by atoms with van der Waals surface area (Å²) in [5.41, 5.74) is 0.631. The second kappa shape index (κ2) is 5.70. The zero-order chi connectivity index (χ0) is 13.9. The number of hydrogen-bond acceptors (Lipinski definition) is 2. The van der Waals surface area contributed by atoms with E-state index in [1.165, 1.54) is 12.1 Å². The Labute approximate surface area is 113 Å². The Balaban J connectivity index is 2.00. The summed E-state index contributed by atoms with van der Waals surface area (Å²) >= 11 is 0. The van der Waals surface area contributed by atoms with Gasteiger partial charge in [0.2, 0.25) is 5.91 Å². The highest BCUT2D eigenvalue weighted by molar-refractivity contribution is 5.82. The molecule has 1 unspecified atom stereocenters. The van der Waals surface area contributed by atoms with Crippen LogP contribution in [0, 0.1) is 11.2 Å². The standard InChI is InChI=1S/C15H21FN2O/c1-11(12-3-5-13(16)6-4-12)18-14(19)15(2)7-9-17-10-8-15/h3-6,11,17H,7-10H2,1-2H3,(H,18,19). The highest BCUT2D eigenvalue weighted by atomic mass is 19.1. The molecule has 104 valence electrons. The zero-order valence-corrected chi connectivity index (χ0v) is 11.5. The lowest BCUT2D eigenvalue weighted by Gasteiger charge is -2.33. The third kappa shape index (κ3) is 3.32. The number of nitrogens with one attached hydrogen (secondary N) is 2. The molecule has 1 aliphatic rings. The number of carbonyl (C=O) groups is 1. The van der Waals surface area contributed by atoms with Crippen LogP contribution in [0.1, 0.15) is 38.3 Å². The zero-order valence-electron chi connectivity index (χ0n) is 11.5. The summed E-state index contributed by atoms with van der Waals surface area (Å²) in [4.78, 5) is 12.4. The molecule has 1 aromatic rings. The monoisotopic (exact) mass is 264 g/mol. The minimum Gasteiger partial charge on any atom is -0.349 e. The highest BCUT2D eigenvalue weighted by Gasteiger charge is 2.35. The van der Waals surface area contributed by atoms with Gasteiger partial charge in [-0.3, -0.25) is 4.79 Å². The van der Waals surface area contributed by atoms with E-state index in [9.17, 15) is 9.18 Å². The molecule has 2 N–H and O–H groups in total. The Hall–Kier alpha value is -1.42. The molecule has 1 fully saturated rings. The van der Waals surface area contributed by atoms with Gasteiger partial charge in [-0.1, -0.05) is 19.1 Å². The van der Waals surface area contributed by atoms with E-state index in [-0.39, 0.29) is 23.2 Å². The molecule has 1 atom stereocenters. The lowest BCUT2D eigenvalue weighted by Crippen LogP contribution is -2.46. The van der Waals surface area contributed by atoms with Crippen LogP contribution in [-0.2, 0) is 4.79 Å². The smallest absolute Gasteiger partial charge is 0.226 e. The van der Waals surface area contributed by atoms with Crippen LogP contribution in [0.2, 0.25) is 0 Å². The summed E-state index contributed by atoms with van der Waals surface area (Å²) in [6.45, 7) is 5.71. The summed E-state index contributed by atoms with van der Waals surface area (Å²) in [5, 5.41) is 6.30. The first-order chi connectivity index (χ1) is 9.01.